The van der Waals surface area contributed by atoms with Crippen molar-refractivity contribution >= 4 is 43.6 Å². The van der Waals surface area contributed by atoms with Gasteiger partial charge in [-0.3, -0.25) is 14.5 Å². The molecule has 9 heteroatoms. The predicted molar refractivity (Wildman–Crippen MR) is 109 cm³/mol. The van der Waals surface area contributed by atoms with E-state index in [1.54, 1.807) is 36.4 Å². The van der Waals surface area contributed by atoms with E-state index in [1.165, 1.54) is 12.1 Å². The maximum absolute atomic E-state index is 12.8. The number of rotatable bonds is 7. The second-order valence-electron chi connectivity index (χ2n) is 6.69. The lowest BCUT2D eigenvalue weighted by Gasteiger charge is -2.24. The van der Waals surface area contributed by atoms with E-state index in [-0.39, 0.29) is 29.9 Å². The minimum atomic E-state index is -3.42. The molecule has 1 aliphatic heterocycles. The monoisotopic (exact) mass is 479 g/mol. The number of halogens is 1. The lowest BCUT2D eigenvalue weighted by molar-refractivity contribution is -0.149. The van der Waals surface area contributed by atoms with E-state index in [1.807, 2.05) is 0 Å². The summed E-state index contributed by atoms with van der Waals surface area (Å²) in [5.41, 5.74) is 1.08. The zero-order chi connectivity index (χ0) is 21.2. The molecular formula is C20H18BrNO6S. The van der Waals surface area contributed by atoms with Crippen LogP contribution in [-0.4, -0.2) is 49.2 Å². The van der Waals surface area contributed by atoms with Gasteiger partial charge in [0.25, 0.3) is 11.8 Å². The third-order valence-electron chi connectivity index (χ3n) is 4.47. The summed E-state index contributed by atoms with van der Waals surface area (Å²) in [5, 5.41) is 0. The Morgan fingerprint density at radius 3 is 2.10 bits per heavy atom. The van der Waals surface area contributed by atoms with Crippen LogP contribution >= 0.6 is 15.9 Å². The smallest absolute Gasteiger partial charge is 0.329 e. The Morgan fingerprint density at radius 2 is 1.59 bits per heavy atom. The molecule has 2 aromatic rings. The summed E-state index contributed by atoms with van der Waals surface area (Å²) in [5.74, 6) is -2.46. The molecule has 29 heavy (non-hydrogen) atoms. The first-order chi connectivity index (χ1) is 13.7. The molecule has 2 aromatic carbocycles. The Hall–Kier alpha value is -2.52. The lowest BCUT2D eigenvalue weighted by atomic mass is 10.1. The molecule has 2 amide bonds. The summed E-state index contributed by atoms with van der Waals surface area (Å²) in [6.45, 7) is -0.0648. The molecule has 3 rings (SSSR count). The van der Waals surface area contributed by atoms with Crippen molar-refractivity contribution in [2.75, 3.05) is 12.0 Å². The SMILES string of the molecule is CS(=O)(=O)CC[C@@H](C(=O)OCc1ccc(Br)cc1)N1C(=O)c2ccccc2C1=O. The first-order valence-corrected chi connectivity index (χ1v) is 11.6. The van der Waals surface area contributed by atoms with E-state index in [2.05, 4.69) is 15.9 Å². The summed E-state index contributed by atoms with van der Waals surface area (Å²) in [6, 6.07) is 12.0. The standard InChI is InChI=1S/C20H18BrNO6S/c1-29(26,27)11-10-17(20(25)28-12-13-6-8-14(21)9-7-13)22-18(23)15-4-2-3-5-16(15)19(22)24/h2-9,17H,10-12H2,1H3/t17-/m0/s1. The van der Waals surface area contributed by atoms with Crippen molar-refractivity contribution in [3.05, 3.63) is 69.7 Å². The topological polar surface area (TPSA) is 97.8 Å². The van der Waals surface area contributed by atoms with Crippen molar-refractivity contribution < 1.29 is 27.5 Å². The van der Waals surface area contributed by atoms with E-state index in [0.29, 0.717) is 5.56 Å². The fraction of sp³-hybridized carbons (Fsp3) is 0.250. The van der Waals surface area contributed by atoms with E-state index < -0.39 is 33.7 Å². The van der Waals surface area contributed by atoms with Gasteiger partial charge in [0.1, 0.15) is 22.5 Å². The van der Waals surface area contributed by atoms with Crippen LogP contribution < -0.4 is 0 Å². The van der Waals surface area contributed by atoms with Gasteiger partial charge in [0.05, 0.1) is 16.9 Å². The molecule has 0 aromatic heterocycles. The second kappa shape index (κ2) is 8.46. The molecule has 0 aliphatic carbocycles. The number of nitrogens with zero attached hydrogens (tertiary/aromatic N) is 1. The number of carbonyl (C=O) groups excluding carboxylic acids is 3. The zero-order valence-corrected chi connectivity index (χ0v) is 17.9. The van der Waals surface area contributed by atoms with Crippen LogP contribution in [0.15, 0.2) is 53.0 Å². The molecular weight excluding hydrogens is 462 g/mol. The van der Waals surface area contributed by atoms with Crippen LogP contribution in [0.1, 0.15) is 32.7 Å². The van der Waals surface area contributed by atoms with E-state index in [0.717, 1.165) is 15.6 Å². The maximum Gasteiger partial charge on any atom is 0.329 e. The molecule has 0 N–H and O–H groups in total. The van der Waals surface area contributed by atoms with Crippen LogP contribution in [0.25, 0.3) is 0 Å². The van der Waals surface area contributed by atoms with Crippen LogP contribution in [0, 0.1) is 0 Å². The Kier molecular flexibility index (Phi) is 6.18. The number of benzene rings is 2. The molecule has 7 nitrogen and oxygen atoms in total. The number of ether oxygens (including phenoxy) is 1. The molecule has 0 saturated heterocycles. The summed E-state index contributed by atoms with van der Waals surface area (Å²) >= 11 is 3.31. The number of fused-ring (bicyclic) bond motifs is 1. The Bertz CT molecular complexity index is 1030. The highest BCUT2D eigenvalue weighted by Gasteiger charge is 2.43. The zero-order valence-electron chi connectivity index (χ0n) is 15.5. The fourth-order valence-electron chi connectivity index (χ4n) is 3.00. The highest BCUT2D eigenvalue weighted by atomic mass is 79.9. The van der Waals surface area contributed by atoms with Crippen LogP contribution in [0.3, 0.4) is 0 Å². The van der Waals surface area contributed by atoms with Crippen molar-refractivity contribution in [1.82, 2.24) is 4.90 Å². The molecule has 0 unspecified atom stereocenters. The molecule has 152 valence electrons. The molecule has 0 saturated carbocycles. The van der Waals surface area contributed by atoms with Gasteiger partial charge in [0.15, 0.2) is 0 Å². The molecule has 1 aliphatic rings. The Labute approximate surface area is 176 Å². The number of imide groups is 1. The van der Waals surface area contributed by atoms with Gasteiger partial charge in [-0.15, -0.1) is 0 Å². The fourth-order valence-corrected chi connectivity index (χ4v) is 3.92. The number of hydrogen-bond acceptors (Lipinski definition) is 6. The summed E-state index contributed by atoms with van der Waals surface area (Å²) in [7, 11) is -3.42. The molecule has 0 radical (unpaired) electrons. The van der Waals surface area contributed by atoms with Crippen molar-refractivity contribution in [3.63, 3.8) is 0 Å². The van der Waals surface area contributed by atoms with Crippen LogP contribution in [0.2, 0.25) is 0 Å². The van der Waals surface area contributed by atoms with Gasteiger partial charge in [-0.2, -0.15) is 0 Å². The normalized spacial score (nSPS) is 14.6. The average molecular weight is 480 g/mol. The van der Waals surface area contributed by atoms with Gasteiger partial charge in [-0.1, -0.05) is 40.2 Å². The van der Waals surface area contributed by atoms with Gasteiger partial charge < -0.3 is 4.74 Å². The Balaban J connectivity index is 1.82. The van der Waals surface area contributed by atoms with Crippen LogP contribution in [0.4, 0.5) is 0 Å². The van der Waals surface area contributed by atoms with Crippen molar-refractivity contribution in [3.8, 4) is 0 Å². The number of carbonyl (C=O) groups is 3. The first-order valence-electron chi connectivity index (χ1n) is 8.73. The molecule has 0 spiro atoms. The van der Waals surface area contributed by atoms with Crippen LogP contribution in [-0.2, 0) is 26.0 Å². The van der Waals surface area contributed by atoms with Crippen molar-refractivity contribution in [2.24, 2.45) is 0 Å². The highest BCUT2D eigenvalue weighted by molar-refractivity contribution is 9.10. The van der Waals surface area contributed by atoms with Gasteiger partial charge in [-0.25, -0.2) is 13.2 Å². The van der Waals surface area contributed by atoms with E-state index >= 15 is 0 Å². The second-order valence-corrected chi connectivity index (χ2v) is 9.87. The molecule has 0 fully saturated rings. The number of hydrogen-bond donors (Lipinski definition) is 0. The van der Waals surface area contributed by atoms with Crippen LogP contribution in [0.5, 0.6) is 0 Å². The summed E-state index contributed by atoms with van der Waals surface area (Å²) < 4.78 is 29.4. The van der Waals surface area contributed by atoms with Gasteiger partial charge in [0, 0.05) is 10.7 Å². The average Bonchev–Trinajstić information content (AvgIpc) is 2.92. The Morgan fingerprint density at radius 1 is 1.03 bits per heavy atom. The molecule has 1 atom stereocenters. The van der Waals surface area contributed by atoms with Gasteiger partial charge in [-0.05, 0) is 36.2 Å². The third-order valence-corrected chi connectivity index (χ3v) is 5.97. The summed E-state index contributed by atoms with van der Waals surface area (Å²) in [6.07, 6.45) is 0.795. The highest BCUT2D eigenvalue weighted by Crippen LogP contribution is 2.26. The van der Waals surface area contributed by atoms with Gasteiger partial charge in [0.2, 0.25) is 0 Å². The molecule has 1 heterocycles. The number of amides is 2. The largest absolute Gasteiger partial charge is 0.459 e. The predicted octanol–water partition coefficient (Wildman–Crippen LogP) is 2.59. The minimum Gasteiger partial charge on any atom is -0.459 e. The summed E-state index contributed by atoms with van der Waals surface area (Å²) in [4.78, 5) is 39.0. The minimum absolute atomic E-state index is 0.0648. The lowest BCUT2D eigenvalue weighted by Crippen LogP contribution is -2.46. The third kappa shape index (κ3) is 4.91. The maximum atomic E-state index is 12.8. The number of sulfone groups is 1. The van der Waals surface area contributed by atoms with Crippen molar-refractivity contribution in [1.29, 1.82) is 0 Å². The van der Waals surface area contributed by atoms with E-state index in [4.69, 9.17) is 4.74 Å². The quantitative estimate of drug-likeness (QED) is 0.447. The first kappa shape index (κ1) is 21.2. The molecule has 0 bridgehead atoms. The van der Waals surface area contributed by atoms with E-state index in [9.17, 15) is 22.8 Å². The number of esters is 1. The van der Waals surface area contributed by atoms with Crippen molar-refractivity contribution in [2.45, 2.75) is 19.1 Å². The van der Waals surface area contributed by atoms with Gasteiger partial charge >= 0.3 is 5.97 Å².